The van der Waals surface area contributed by atoms with Crippen molar-refractivity contribution >= 4 is 22.6 Å². The first-order chi connectivity index (χ1) is 10.2. The van der Waals surface area contributed by atoms with Crippen molar-refractivity contribution < 1.29 is 9.13 Å². The first-order valence-electron chi connectivity index (χ1n) is 6.61. The van der Waals surface area contributed by atoms with E-state index in [1.54, 1.807) is 6.07 Å². The molecule has 0 spiro atoms. The Bertz CT molecular complexity index is 614. The molecule has 0 fully saturated rings. The van der Waals surface area contributed by atoms with Crippen molar-refractivity contribution in [3.63, 3.8) is 0 Å². The highest BCUT2D eigenvalue weighted by Gasteiger charge is 2.00. The monoisotopic (exact) mass is 304 g/mol. The van der Waals surface area contributed by atoms with Crippen LogP contribution < -0.4 is 10.5 Å². The number of halogens is 1. The maximum Gasteiger partial charge on any atom is 0.159 e. The summed E-state index contributed by atoms with van der Waals surface area (Å²) in [5.74, 6) is 1.15. The molecule has 21 heavy (non-hydrogen) atoms. The SMILES string of the molecule is CCOc1ccc(N=C(N)SCc2cccc(F)c2)cc1. The first kappa shape index (κ1) is 15.4. The van der Waals surface area contributed by atoms with Crippen LogP contribution in [0.1, 0.15) is 12.5 Å². The summed E-state index contributed by atoms with van der Waals surface area (Å²) < 4.78 is 18.4. The Balaban J connectivity index is 1.94. The van der Waals surface area contributed by atoms with Gasteiger partial charge in [0.15, 0.2) is 5.17 Å². The minimum Gasteiger partial charge on any atom is -0.494 e. The van der Waals surface area contributed by atoms with Gasteiger partial charge in [0, 0.05) is 5.75 Å². The van der Waals surface area contributed by atoms with Crippen LogP contribution in [0, 0.1) is 5.82 Å². The predicted molar refractivity (Wildman–Crippen MR) is 86.6 cm³/mol. The fraction of sp³-hybridized carbons (Fsp3) is 0.188. The highest BCUT2D eigenvalue weighted by atomic mass is 32.2. The molecule has 0 amide bonds. The number of nitrogens with two attached hydrogens (primary N) is 1. The second kappa shape index (κ2) is 7.69. The average Bonchev–Trinajstić information content (AvgIpc) is 2.48. The second-order valence-electron chi connectivity index (χ2n) is 4.30. The zero-order valence-electron chi connectivity index (χ0n) is 11.8. The topological polar surface area (TPSA) is 47.6 Å². The van der Waals surface area contributed by atoms with Gasteiger partial charge in [-0.25, -0.2) is 9.38 Å². The molecular weight excluding hydrogens is 287 g/mol. The summed E-state index contributed by atoms with van der Waals surface area (Å²) >= 11 is 1.38. The molecule has 2 aromatic rings. The zero-order valence-corrected chi connectivity index (χ0v) is 12.6. The number of nitrogens with zero attached hydrogens (tertiary/aromatic N) is 1. The minimum absolute atomic E-state index is 0.241. The van der Waals surface area contributed by atoms with E-state index in [4.69, 9.17) is 10.5 Å². The summed E-state index contributed by atoms with van der Waals surface area (Å²) in [5.41, 5.74) is 7.52. The largest absolute Gasteiger partial charge is 0.494 e. The molecule has 0 aliphatic heterocycles. The molecular formula is C16H17FN2OS. The van der Waals surface area contributed by atoms with E-state index in [1.807, 2.05) is 37.3 Å². The van der Waals surface area contributed by atoms with Crippen molar-refractivity contribution in [2.75, 3.05) is 6.61 Å². The van der Waals surface area contributed by atoms with Gasteiger partial charge in [-0.15, -0.1) is 0 Å². The molecule has 0 atom stereocenters. The summed E-state index contributed by atoms with van der Waals surface area (Å²) in [6, 6.07) is 13.9. The van der Waals surface area contributed by atoms with Crippen molar-refractivity contribution in [1.82, 2.24) is 0 Å². The summed E-state index contributed by atoms with van der Waals surface area (Å²) in [5, 5.41) is 0.448. The molecule has 2 rings (SSSR count). The Morgan fingerprint density at radius 2 is 2.00 bits per heavy atom. The van der Waals surface area contributed by atoms with Gasteiger partial charge in [-0.1, -0.05) is 23.9 Å². The van der Waals surface area contributed by atoms with Crippen LogP contribution in [-0.2, 0) is 5.75 Å². The molecule has 0 saturated heterocycles. The van der Waals surface area contributed by atoms with E-state index in [2.05, 4.69) is 4.99 Å². The standard InChI is InChI=1S/C16H17FN2OS/c1-2-20-15-8-6-14(7-9-15)19-16(18)21-11-12-4-3-5-13(17)10-12/h3-10H,2,11H2,1H3,(H2,18,19). The lowest BCUT2D eigenvalue weighted by Crippen LogP contribution is -2.06. The van der Waals surface area contributed by atoms with Crippen LogP contribution >= 0.6 is 11.8 Å². The van der Waals surface area contributed by atoms with Gasteiger partial charge in [-0.2, -0.15) is 0 Å². The third-order valence-corrected chi connectivity index (χ3v) is 3.53. The molecule has 0 radical (unpaired) electrons. The normalized spacial score (nSPS) is 11.4. The molecule has 2 N–H and O–H groups in total. The van der Waals surface area contributed by atoms with Crippen molar-refractivity contribution in [2.24, 2.45) is 10.7 Å². The number of benzene rings is 2. The van der Waals surface area contributed by atoms with Crippen LogP contribution in [0.3, 0.4) is 0 Å². The van der Waals surface area contributed by atoms with E-state index in [0.29, 0.717) is 17.5 Å². The lowest BCUT2D eigenvalue weighted by Gasteiger charge is -2.04. The second-order valence-corrected chi connectivity index (χ2v) is 5.29. The molecule has 0 aliphatic carbocycles. The molecule has 110 valence electrons. The van der Waals surface area contributed by atoms with E-state index in [0.717, 1.165) is 17.0 Å². The number of amidine groups is 1. The lowest BCUT2D eigenvalue weighted by atomic mass is 10.2. The Kier molecular flexibility index (Phi) is 5.63. The van der Waals surface area contributed by atoms with Gasteiger partial charge < -0.3 is 10.5 Å². The number of aliphatic imine (C=N–C) groups is 1. The molecule has 5 heteroatoms. The maximum absolute atomic E-state index is 13.1. The van der Waals surface area contributed by atoms with E-state index in [1.165, 1.54) is 23.9 Å². The Labute approximate surface area is 128 Å². The van der Waals surface area contributed by atoms with Crippen molar-refractivity contribution in [2.45, 2.75) is 12.7 Å². The molecule has 0 unspecified atom stereocenters. The highest BCUT2D eigenvalue weighted by Crippen LogP contribution is 2.20. The summed E-state index contributed by atoms with van der Waals surface area (Å²) in [4.78, 5) is 4.31. The Hall–Kier alpha value is -2.01. The molecule has 0 saturated carbocycles. The van der Waals surface area contributed by atoms with Gasteiger partial charge in [-0.3, -0.25) is 0 Å². The number of hydrogen-bond donors (Lipinski definition) is 1. The smallest absolute Gasteiger partial charge is 0.159 e. The van der Waals surface area contributed by atoms with E-state index < -0.39 is 0 Å². The van der Waals surface area contributed by atoms with Crippen LogP contribution in [0.25, 0.3) is 0 Å². The number of ether oxygens (including phenoxy) is 1. The number of rotatable bonds is 5. The fourth-order valence-electron chi connectivity index (χ4n) is 1.73. The van der Waals surface area contributed by atoms with Crippen LogP contribution in [0.2, 0.25) is 0 Å². The highest BCUT2D eigenvalue weighted by molar-refractivity contribution is 8.13. The average molecular weight is 304 g/mol. The van der Waals surface area contributed by atoms with E-state index in [9.17, 15) is 4.39 Å². The van der Waals surface area contributed by atoms with Crippen molar-refractivity contribution in [1.29, 1.82) is 0 Å². The summed E-state index contributed by atoms with van der Waals surface area (Å²) in [6.45, 7) is 2.57. The van der Waals surface area contributed by atoms with Gasteiger partial charge in [-0.05, 0) is 48.9 Å². The maximum atomic E-state index is 13.1. The molecule has 0 heterocycles. The molecule has 0 bridgehead atoms. The Morgan fingerprint density at radius 1 is 1.24 bits per heavy atom. The van der Waals surface area contributed by atoms with Crippen LogP contribution in [0.15, 0.2) is 53.5 Å². The first-order valence-corrected chi connectivity index (χ1v) is 7.60. The zero-order chi connectivity index (χ0) is 15.1. The van der Waals surface area contributed by atoms with E-state index in [-0.39, 0.29) is 5.82 Å². The van der Waals surface area contributed by atoms with Gasteiger partial charge in [0.1, 0.15) is 11.6 Å². The molecule has 0 aliphatic rings. The Morgan fingerprint density at radius 3 is 2.67 bits per heavy atom. The third-order valence-electron chi connectivity index (χ3n) is 2.66. The summed E-state index contributed by atoms with van der Waals surface area (Å²) in [7, 11) is 0. The van der Waals surface area contributed by atoms with Crippen LogP contribution in [-0.4, -0.2) is 11.8 Å². The molecule has 3 nitrogen and oxygen atoms in total. The third kappa shape index (κ3) is 5.11. The van der Waals surface area contributed by atoms with Gasteiger partial charge in [0.25, 0.3) is 0 Å². The minimum atomic E-state index is -0.241. The van der Waals surface area contributed by atoms with Crippen molar-refractivity contribution in [3.8, 4) is 5.75 Å². The molecule has 0 aromatic heterocycles. The van der Waals surface area contributed by atoms with Gasteiger partial charge in [0.2, 0.25) is 0 Å². The predicted octanol–water partition coefficient (Wildman–Crippen LogP) is 4.10. The number of thioether (sulfide) groups is 1. The quantitative estimate of drug-likeness (QED) is 0.668. The van der Waals surface area contributed by atoms with E-state index >= 15 is 0 Å². The number of hydrogen-bond acceptors (Lipinski definition) is 3. The van der Waals surface area contributed by atoms with Crippen molar-refractivity contribution in [3.05, 3.63) is 59.9 Å². The molecule has 2 aromatic carbocycles. The van der Waals surface area contributed by atoms with Gasteiger partial charge >= 0.3 is 0 Å². The lowest BCUT2D eigenvalue weighted by molar-refractivity contribution is 0.340. The summed E-state index contributed by atoms with van der Waals surface area (Å²) in [6.07, 6.45) is 0. The fourth-order valence-corrected chi connectivity index (χ4v) is 2.39. The van der Waals surface area contributed by atoms with Crippen LogP contribution in [0.5, 0.6) is 5.75 Å². The van der Waals surface area contributed by atoms with Crippen LogP contribution in [0.4, 0.5) is 10.1 Å². The van der Waals surface area contributed by atoms with Gasteiger partial charge in [0.05, 0.1) is 12.3 Å².